The van der Waals surface area contributed by atoms with Gasteiger partial charge in [-0.05, 0) is 18.3 Å². The van der Waals surface area contributed by atoms with E-state index in [1.54, 1.807) is 0 Å². The Kier molecular flexibility index (Phi) is 6.32. The molecule has 3 heteroatoms. The van der Waals surface area contributed by atoms with Gasteiger partial charge in [0.2, 0.25) is 0 Å². The molecule has 1 aliphatic rings. The van der Waals surface area contributed by atoms with Crippen molar-refractivity contribution in [2.24, 2.45) is 5.41 Å². The molecule has 1 aliphatic heterocycles. The molecule has 0 spiro atoms. The molecule has 0 atom stereocenters. The molecular formula is C13H27NO2. The molecule has 1 saturated heterocycles. The van der Waals surface area contributed by atoms with Gasteiger partial charge in [0, 0.05) is 32.8 Å². The van der Waals surface area contributed by atoms with Crippen LogP contribution >= 0.6 is 0 Å². The zero-order chi connectivity index (χ0) is 11.9. The van der Waals surface area contributed by atoms with Gasteiger partial charge in [0.15, 0.2) is 0 Å². The Hall–Kier alpha value is -0.120. The summed E-state index contributed by atoms with van der Waals surface area (Å²) in [7, 11) is 0. The summed E-state index contributed by atoms with van der Waals surface area (Å²) in [5, 5.41) is 0. The summed E-state index contributed by atoms with van der Waals surface area (Å²) in [5.41, 5.74) is 0.393. The Morgan fingerprint density at radius 2 is 1.81 bits per heavy atom. The molecule has 1 heterocycles. The van der Waals surface area contributed by atoms with Crippen molar-refractivity contribution in [1.82, 2.24) is 4.90 Å². The lowest BCUT2D eigenvalue weighted by atomic mass is 9.93. The van der Waals surface area contributed by atoms with Crippen LogP contribution in [0.25, 0.3) is 0 Å². The molecule has 0 aliphatic carbocycles. The molecule has 0 N–H and O–H groups in total. The average Bonchev–Trinajstić information content (AvgIpc) is 2.23. The standard InChI is InChI=1S/C13H27NO2/c1-13(2,3)5-10-15-9-4-6-14-7-11-16-12-8-14/h4-12H2,1-3H3. The first-order valence-corrected chi connectivity index (χ1v) is 6.46. The summed E-state index contributed by atoms with van der Waals surface area (Å²) in [6, 6.07) is 0. The smallest absolute Gasteiger partial charge is 0.0594 e. The largest absolute Gasteiger partial charge is 0.381 e. The fraction of sp³-hybridized carbons (Fsp3) is 1.00. The van der Waals surface area contributed by atoms with Gasteiger partial charge >= 0.3 is 0 Å². The number of morpholine rings is 1. The van der Waals surface area contributed by atoms with E-state index in [2.05, 4.69) is 25.7 Å². The second-order valence-electron chi connectivity index (χ2n) is 5.73. The van der Waals surface area contributed by atoms with Gasteiger partial charge in [-0.25, -0.2) is 0 Å². The van der Waals surface area contributed by atoms with Gasteiger partial charge in [-0.15, -0.1) is 0 Å². The van der Waals surface area contributed by atoms with Crippen LogP contribution in [0.3, 0.4) is 0 Å². The van der Waals surface area contributed by atoms with E-state index >= 15 is 0 Å². The highest BCUT2D eigenvalue weighted by atomic mass is 16.5. The fourth-order valence-corrected chi connectivity index (χ4v) is 1.70. The van der Waals surface area contributed by atoms with E-state index in [-0.39, 0.29) is 0 Å². The highest BCUT2D eigenvalue weighted by Gasteiger charge is 2.10. The lowest BCUT2D eigenvalue weighted by Crippen LogP contribution is -2.37. The van der Waals surface area contributed by atoms with Crippen molar-refractivity contribution in [2.75, 3.05) is 46.1 Å². The Morgan fingerprint density at radius 3 is 2.44 bits per heavy atom. The average molecular weight is 229 g/mol. The Bertz CT molecular complexity index is 171. The normalized spacial score (nSPS) is 18.9. The molecule has 0 aromatic heterocycles. The van der Waals surface area contributed by atoms with Crippen molar-refractivity contribution in [2.45, 2.75) is 33.6 Å². The van der Waals surface area contributed by atoms with Crippen molar-refractivity contribution in [1.29, 1.82) is 0 Å². The fourth-order valence-electron chi connectivity index (χ4n) is 1.70. The van der Waals surface area contributed by atoms with Crippen LogP contribution in [-0.2, 0) is 9.47 Å². The quantitative estimate of drug-likeness (QED) is 0.652. The van der Waals surface area contributed by atoms with E-state index in [1.165, 1.54) is 0 Å². The Labute approximate surface area is 100 Å². The van der Waals surface area contributed by atoms with Gasteiger partial charge in [0.25, 0.3) is 0 Å². The molecule has 1 rings (SSSR count). The van der Waals surface area contributed by atoms with E-state index in [0.29, 0.717) is 5.41 Å². The van der Waals surface area contributed by atoms with Crippen molar-refractivity contribution in [3.63, 3.8) is 0 Å². The third-order valence-corrected chi connectivity index (χ3v) is 2.86. The molecule has 16 heavy (non-hydrogen) atoms. The Morgan fingerprint density at radius 1 is 1.12 bits per heavy atom. The number of rotatable bonds is 6. The molecule has 96 valence electrons. The molecule has 0 amide bonds. The lowest BCUT2D eigenvalue weighted by molar-refractivity contribution is 0.0308. The third-order valence-electron chi connectivity index (χ3n) is 2.86. The van der Waals surface area contributed by atoms with Crippen LogP contribution < -0.4 is 0 Å². The molecule has 0 unspecified atom stereocenters. The molecule has 0 bridgehead atoms. The van der Waals surface area contributed by atoms with Gasteiger partial charge in [-0.3, -0.25) is 4.90 Å². The van der Waals surface area contributed by atoms with E-state index < -0.39 is 0 Å². The van der Waals surface area contributed by atoms with Crippen LogP contribution in [0.15, 0.2) is 0 Å². The summed E-state index contributed by atoms with van der Waals surface area (Å²) < 4.78 is 11.0. The predicted molar refractivity (Wildman–Crippen MR) is 66.8 cm³/mol. The summed E-state index contributed by atoms with van der Waals surface area (Å²) in [6.45, 7) is 13.7. The first-order valence-electron chi connectivity index (χ1n) is 6.46. The molecule has 0 radical (unpaired) electrons. The minimum Gasteiger partial charge on any atom is -0.381 e. The third kappa shape index (κ3) is 7.20. The molecular weight excluding hydrogens is 202 g/mol. The van der Waals surface area contributed by atoms with E-state index in [9.17, 15) is 0 Å². The molecule has 1 fully saturated rings. The van der Waals surface area contributed by atoms with E-state index in [4.69, 9.17) is 9.47 Å². The second-order valence-corrected chi connectivity index (χ2v) is 5.73. The zero-order valence-electron chi connectivity index (χ0n) is 11.1. The van der Waals surface area contributed by atoms with Crippen LogP contribution in [0.1, 0.15) is 33.6 Å². The van der Waals surface area contributed by atoms with Crippen molar-refractivity contribution >= 4 is 0 Å². The summed E-state index contributed by atoms with van der Waals surface area (Å²) in [4.78, 5) is 2.45. The first-order chi connectivity index (χ1) is 7.58. The number of hydrogen-bond donors (Lipinski definition) is 0. The van der Waals surface area contributed by atoms with Gasteiger partial charge in [-0.2, -0.15) is 0 Å². The predicted octanol–water partition coefficient (Wildman–Crippen LogP) is 2.16. The molecule has 0 saturated carbocycles. The van der Waals surface area contributed by atoms with Crippen LogP contribution in [-0.4, -0.2) is 51.0 Å². The van der Waals surface area contributed by atoms with Crippen LogP contribution in [0.5, 0.6) is 0 Å². The van der Waals surface area contributed by atoms with E-state index in [1.807, 2.05) is 0 Å². The minimum atomic E-state index is 0.393. The highest BCUT2D eigenvalue weighted by molar-refractivity contribution is 4.62. The number of nitrogens with zero attached hydrogens (tertiary/aromatic N) is 1. The first kappa shape index (κ1) is 13.9. The van der Waals surface area contributed by atoms with E-state index in [0.717, 1.165) is 58.9 Å². The zero-order valence-corrected chi connectivity index (χ0v) is 11.1. The monoisotopic (exact) mass is 229 g/mol. The maximum atomic E-state index is 5.64. The lowest BCUT2D eigenvalue weighted by Gasteiger charge is -2.26. The minimum absolute atomic E-state index is 0.393. The van der Waals surface area contributed by atoms with Crippen molar-refractivity contribution in [3.05, 3.63) is 0 Å². The number of ether oxygens (including phenoxy) is 2. The van der Waals surface area contributed by atoms with Gasteiger partial charge in [0.1, 0.15) is 0 Å². The topological polar surface area (TPSA) is 21.7 Å². The van der Waals surface area contributed by atoms with Gasteiger partial charge in [0.05, 0.1) is 13.2 Å². The van der Waals surface area contributed by atoms with Crippen LogP contribution in [0, 0.1) is 5.41 Å². The second kappa shape index (κ2) is 7.25. The molecule has 3 nitrogen and oxygen atoms in total. The molecule has 0 aromatic carbocycles. The van der Waals surface area contributed by atoms with Gasteiger partial charge < -0.3 is 9.47 Å². The van der Waals surface area contributed by atoms with Crippen LogP contribution in [0.4, 0.5) is 0 Å². The van der Waals surface area contributed by atoms with Crippen LogP contribution in [0.2, 0.25) is 0 Å². The number of hydrogen-bond acceptors (Lipinski definition) is 3. The maximum absolute atomic E-state index is 5.64. The SMILES string of the molecule is CC(C)(C)CCOCCCN1CCOCC1. The summed E-state index contributed by atoms with van der Waals surface area (Å²) in [6.07, 6.45) is 2.29. The van der Waals surface area contributed by atoms with Crippen molar-refractivity contribution < 1.29 is 9.47 Å². The van der Waals surface area contributed by atoms with Crippen molar-refractivity contribution in [3.8, 4) is 0 Å². The summed E-state index contributed by atoms with van der Waals surface area (Å²) in [5.74, 6) is 0. The summed E-state index contributed by atoms with van der Waals surface area (Å²) >= 11 is 0. The maximum Gasteiger partial charge on any atom is 0.0594 e. The van der Waals surface area contributed by atoms with Gasteiger partial charge in [-0.1, -0.05) is 20.8 Å². The molecule has 0 aromatic rings. The highest BCUT2D eigenvalue weighted by Crippen LogP contribution is 2.17. The Balaban J connectivity index is 1.87.